The minimum atomic E-state index is 0.0474. The third-order valence-corrected chi connectivity index (χ3v) is 5.38. The van der Waals surface area contributed by atoms with E-state index in [4.69, 9.17) is 0 Å². The Morgan fingerprint density at radius 3 is 2.83 bits per heavy atom. The number of carbonyl (C=O) groups is 1. The average Bonchev–Trinajstić information content (AvgIpc) is 3.14. The van der Waals surface area contributed by atoms with Crippen LogP contribution < -0.4 is 10.6 Å². The van der Waals surface area contributed by atoms with Crippen molar-refractivity contribution in [2.45, 2.75) is 45.1 Å². The molecule has 4 heteroatoms. The van der Waals surface area contributed by atoms with E-state index >= 15 is 0 Å². The number of likely N-dealkylation sites (tertiary alicyclic amines) is 1. The Labute approximate surface area is 146 Å². The SMILES string of the molecule is Cc1ccc(CCN2CCCC(CNC(=O)C3CCCN3)C2)cc1. The fourth-order valence-electron chi connectivity index (χ4n) is 3.84. The summed E-state index contributed by atoms with van der Waals surface area (Å²) in [7, 11) is 0. The first-order valence-corrected chi connectivity index (χ1v) is 9.50. The maximum absolute atomic E-state index is 12.1. The first-order valence-electron chi connectivity index (χ1n) is 9.50. The third-order valence-electron chi connectivity index (χ3n) is 5.38. The highest BCUT2D eigenvalue weighted by Gasteiger charge is 2.24. The van der Waals surface area contributed by atoms with E-state index in [1.807, 2.05) is 0 Å². The summed E-state index contributed by atoms with van der Waals surface area (Å²) in [6.45, 7) is 7.38. The zero-order chi connectivity index (χ0) is 16.8. The second kappa shape index (κ2) is 8.63. The predicted octanol–water partition coefficient (Wildman–Crippen LogP) is 2.12. The Balaban J connectivity index is 1.39. The molecule has 2 saturated heterocycles. The molecule has 0 aliphatic carbocycles. The minimum Gasteiger partial charge on any atom is -0.354 e. The van der Waals surface area contributed by atoms with Crippen LogP contribution in [0.5, 0.6) is 0 Å². The molecular formula is C20H31N3O. The van der Waals surface area contributed by atoms with Crippen LogP contribution in [-0.4, -0.2) is 49.6 Å². The number of amides is 1. The summed E-state index contributed by atoms with van der Waals surface area (Å²) >= 11 is 0. The number of piperidine rings is 1. The van der Waals surface area contributed by atoms with Gasteiger partial charge in [-0.3, -0.25) is 4.79 Å². The van der Waals surface area contributed by atoms with Crippen LogP contribution >= 0.6 is 0 Å². The molecule has 1 amide bonds. The van der Waals surface area contributed by atoms with Gasteiger partial charge in [0.25, 0.3) is 0 Å². The van der Waals surface area contributed by atoms with E-state index in [1.54, 1.807) is 0 Å². The Bertz CT molecular complexity index is 522. The summed E-state index contributed by atoms with van der Waals surface area (Å²) < 4.78 is 0. The monoisotopic (exact) mass is 329 g/mol. The fourth-order valence-corrected chi connectivity index (χ4v) is 3.84. The Morgan fingerprint density at radius 1 is 1.25 bits per heavy atom. The molecule has 3 rings (SSSR count). The van der Waals surface area contributed by atoms with Crippen molar-refractivity contribution in [2.75, 3.05) is 32.7 Å². The second-order valence-electron chi connectivity index (χ2n) is 7.44. The zero-order valence-corrected chi connectivity index (χ0v) is 14.9. The molecule has 2 aliphatic rings. The highest BCUT2D eigenvalue weighted by molar-refractivity contribution is 5.81. The summed E-state index contributed by atoms with van der Waals surface area (Å²) in [6, 6.07) is 8.92. The van der Waals surface area contributed by atoms with E-state index in [9.17, 15) is 4.79 Å². The lowest BCUT2D eigenvalue weighted by atomic mass is 9.97. The Kier molecular flexibility index (Phi) is 6.27. The number of hydrogen-bond acceptors (Lipinski definition) is 3. The summed E-state index contributed by atoms with van der Waals surface area (Å²) in [5.74, 6) is 0.798. The lowest BCUT2D eigenvalue weighted by molar-refractivity contribution is -0.123. The predicted molar refractivity (Wildman–Crippen MR) is 98.1 cm³/mol. The van der Waals surface area contributed by atoms with E-state index in [2.05, 4.69) is 46.7 Å². The molecule has 0 spiro atoms. The van der Waals surface area contributed by atoms with E-state index < -0.39 is 0 Å². The van der Waals surface area contributed by atoms with E-state index in [0.29, 0.717) is 5.92 Å². The molecular weight excluding hydrogens is 298 g/mol. The third kappa shape index (κ3) is 5.05. The van der Waals surface area contributed by atoms with Gasteiger partial charge in [0.15, 0.2) is 0 Å². The van der Waals surface area contributed by atoms with Crippen molar-refractivity contribution in [1.29, 1.82) is 0 Å². The minimum absolute atomic E-state index is 0.0474. The number of aryl methyl sites for hydroxylation is 1. The molecule has 4 nitrogen and oxygen atoms in total. The molecule has 132 valence electrons. The first-order chi connectivity index (χ1) is 11.7. The molecule has 0 radical (unpaired) electrons. The maximum Gasteiger partial charge on any atom is 0.237 e. The van der Waals surface area contributed by atoms with Gasteiger partial charge in [-0.25, -0.2) is 0 Å². The van der Waals surface area contributed by atoms with Crippen molar-refractivity contribution >= 4 is 5.91 Å². The van der Waals surface area contributed by atoms with E-state index in [0.717, 1.165) is 45.4 Å². The van der Waals surface area contributed by atoms with Crippen molar-refractivity contribution < 1.29 is 4.79 Å². The average molecular weight is 329 g/mol. The number of carbonyl (C=O) groups excluding carboxylic acids is 1. The lowest BCUT2D eigenvalue weighted by Gasteiger charge is -2.33. The summed E-state index contributed by atoms with van der Waals surface area (Å²) in [4.78, 5) is 14.7. The van der Waals surface area contributed by atoms with Crippen molar-refractivity contribution in [3.05, 3.63) is 35.4 Å². The lowest BCUT2D eigenvalue weighted by Crippen LogP contribution is -2.45. The van der Waals surface area contributed by atoms with Crippen LogP contribution in [0.25, 0.3) is 0 Å². The van der Waals surface area contributed by atoms with Gasteiger partial charge in [0.2, 0.25) is 5.91 Å². The molecule has 2 heterocycles. The molecule has 2 N–H and O–H groups in total. The molecule has 1 aromatic rings. The van der Waals surface area contributed by atoms with Gasteiger partial charge in [-0.1, -0.05) is 29.8 Å². The number of hydrogen-bond donors (Lipinski definition) is 2. The van der Waals surface area contributed by atoms with Crippen LogP contribution in [0.4, 0.5) is 0 Å². The smallest absolute Gasteiger partial charge is 0.237 e. The van der Waals surface area contributed by atoms with Gasteiger partial charge in [0.05, 0.1) is 6.04 Å². The second-order valence-corrected chi connectivity index (χ2v) is 7.44. The van der Waals surface area contributed by atoms with Crippen LogP contribution in [-0.2, 0) is 11.2 Å². The molecule has 0 bridgehead atoms. The molecule has 1 aromatic carbocycles. The standard InChI is InChI=1S/C20H31N3O/c1-16-6-8-17(9-7-16)10-13-23-12-3-4-18(15-23)14-22-20(24)19-5-2-11-21-19/h6-9,18-19,21H,2-5,10-15H2,1H3,(H,22,24). The quantitative estimate of drug-likeness (QED) is 0.840. The molecule has 0 saturated carbocycles. The van der Waals surface area contributed by atoms with Gasteiger partial charge in [-0.2, -0.15) is 0 Å². The van der Waals surface area contributed by atoms with Gasteiger partial charge in [0.1, 0.15) is 0 Å². The van der Waals surface area contributed by atoms with Crippen LogP contribution in [0.3, 0.4) is 0 Å². The van der Waals surface area contributed by atoms with E-state index in [1.165, 1.54) is 30.5 Å². The highest BCUT2D eigenvalue weighted by atomic mass is 16.2. The number of rotatable bonds is 6. The number of nitrogens with zero attached hydrogens (tertiary/aromatic N) is 1. The normalized spacial score (nSPS) is 24.9. The van der Waals surface area contributed by atoms with Crippen molar-refractivity contribution in [2.24, 2.45) is 5.92 Å². The molecule has 2 atom stereocenters. The molecule has 2 fully saturated rings. The zero-order valence-electron chi connectivity index (χ0n) is 14.9. The van der Waals surface area contributed by atoms with Crippen molar-refractivity contribution in [3.63, 3.8) is 0 Å². The van der Waals surface area contributed by atoms with Crippen LogP contribution in [0.2, 0.25) is 0 Å². The molecule has 24 heavy (non-hydrogen) atoms. The Morgan fingerprint density at radius 2 is 2.08 bits per heavy atom. The summed E-state index contributed by atoms with van der Waals surface area (Å²) in [5, 5.41) is 6.44. The largest absolute Gasteiger partial charge is 0.354 e. The highest BCUT2D eigenvalue weighted by Crippen LogP contribution is 2.17. The first kappa shape index (κ1) is 17.4. The summed E-state index contributed by atoms with van der Waals surface area (Å²) in [6.07, 6.45) is 5.70. The van der Waals surface area contributed by atoms with Crippen LogP contribution in [0, 0.1) is 12.8 Å². The van der Waals surface area contributed by atoms with E-state index in [-0.39, 0.29) is 11.9 Å². The number of nitrogens with one attached hydrogen (secondary N) is 2. The van der Waals surface area contributed by atoms with Crippen molar-refractivity contribution in [3.8, 4) is 0 Å². The van der Waals surface area contributed by atoms with Gasteiger partial charge in [-0.05, 0) is 63.6 Å². The fraction of sp³-hybridized carbons (Fsp3) is 0.650. The van der Waals surface area contributed by atoms with Gasteiger partial charge >= 0.3 is 0 Å². The molecule has 0 aromatic heterocycles. The van der Waals surface area contributed by atoms with Gasteiger partial charge in [0, 0.05) is 19.6 Å². The van der Waals surface area contributed by atoms with Gasteiger partial charge < -0.3 is 15.5 Å². The molecule has 2 aliphatic heterocycles. The topological polar surface area (TPSA) is 44.4 Å². The maximum atomic E-state index is 12.1. The van der Waals surface area contributed by atoms with Crippen molar-refractivity contribution in [1.82, 2.24) is 15.5 Å². The van der Waals surface area contributed by atoms with Gasteiger partial charge in [-0.15, -0.1) is 0 Å². The Hall–Kier alpha value is -1.39. The number of benzene rings is 1. The van der Waals surface area contributed by atoms with Crippen LogP contribution in [0.15, 0.2) is 24.3 Å². The summed E-state index contributed by atoms with van der Waals surface area (Å²) in [5.41, 5.74) is 2.74. The van der Waals surface area contributed by atoms with Crippen LogP contribution in [0.1, 0.15) is 36.8 Å². The molecule has 2 unspecified atom stereocenters.